The highest BCUT2D eigenvalue weighted by Gasteiger charge is 2.14. The average molecular weight is 383 g/mol. The highest BCUT2D eigenvalue weighted by atomic mass is 32.1. The number of amides is 1. The van der Waals surface area contributed by atoms with Gasteiger partial charge in [0.2, 0.25) is 5.13 Å². The number of halogens is 4. The standard InChI is InChI=1S/C16H9F4N3O2S/c17-10-3-1-8(5-12(10)19)7-23-16(25)22-15(26-23)21-14(24)9-2-4-11(18)13(20)6-9/h1-6H,7H2,(H,21,22,24,25). The van der Waals surface area contributed by atoms with Crippen molar-refractivity contribution in [3.8, 4) is 0 Å². The van der Waals surface area contributed by atoms with Crippen LogP contribution in [0.3, 0.4) is 0 Å². The number of benzene rings is 2. The summed E-state index contributed by atoms with van der Waals surface area (Å²) in [6, 6.07) is 5.78. The molecule has 0 fully saturated rings. The number of rotatable bonds is 4. The van der Waals surface area contributed by atoms with Gasteiger partial charge in [0, 0.05) is 5.56 Å². The van der Waals surface area contributed by atoms with Crippen molar-refractivity contribution in [3.05, 3.63) is 81.3 Å². The maximum Gasteiger partial charge on any atom is 0.360 e. The fourth-order valence-corrected chi connectivity index (χ4v) is 2.87. The van der Waals surface area contributed by atoms with E-state index >= 15 is 0 Å². The first-order valence-electron chi connectivity index (χ1n) is 7.12. The van der Waals surface area contributed by atoms with Crippen molar-refractivity contribution in [3.63, 3.8) is 0 Å². The SMILES string of the molecule is O=C(Nc1nc(=O)n(Cc2ccc(F)c(F)c2)s1)c1ccc(F)c(F)c1. The molecular formula is C16H9F4N3O2S. The molecule has 0 radical (unpaired) electrons. The summed E-state index contributed by atoms with van der Waals surface area (Å²) in [5.74, 6) is -5.12. The van der Waals surface area contributed by atoms with Crippen LogP contribution in [0.2, 0.25) is 0 Å². The van der Waals surface area contributed by atoms with Gasteiger partial charge in [-0.15, -0.1) is 0 Å². The van der Waals surface area contributed by atoms with Crippen molar-refractivity contribution < 1.29 is 22.4 Å². The monoisotopic (exact) mass is 383 g/mol. The summed E-state index contributed by atoms with van der Waals surface area (Å²) >= 11 is 0.772. The Morgan fingerprint density at radius 1 is 1.00 bits per heavy atom. The summed E-state index contributed by atoms with van der Waals surface area (Å²) in [5.41, 5.74) is -0.535. The van der Waals surface area contributed by atoms with Gasteiger partial charge in [-0.1, -0.05) is 6.07 Å². The maximum atomic E-state index is 13.2. The predicted molar refractivity (Wildman–Crippen MR) is 86.1 cm³/mol. The molecule has 0 saturated carbocycles. The van der Waals surface area contributed by atoms with Crippen LogP contribution in [0.5, 0.6) is 0 Å². The van der Waals surface area contributed by atoms with E-state index in [1.807, 2.05) is 0 Å². The molecular weight excluding hydrogens is 374 g/mol. The van der Waals surface area contributed by atoms with Crippen LogP contribution in [0.1, 0.15) is 15.9 Å². The molecule has 0 bridgehead atoms. The molecule has 3 rings (SSSR count). The average Bonchev–Trinajstić information content (AvgIpc) is 2.92. The molecule has 0 aliphatic heterocycles. The zero-order chi connectivity index (χ0) is 18.8. The molecule has 0 unspecified atom stereocenters. The maximum absolute atomic E-state index is 13.2. The molecule has 0 aliphatic rings. The van der Waals surface area contributed by atoms with Crippen molar-refractivity contribution in [2.24, 2.45) is 0 Å². The molecule has 0 saturated heterocycles. The number of carbonyl (C=O) groups excluding carboxylic acids is 1. The highest BCUT2D eigenvalue weighted by Crippen LogP contribution is 2.15. The fourth-order valence-electron chi connectivity index (χ4n) is 2.07. The fraction of sp³-hybridized carbons (Fsp3) is 0.0625. The van der Waals surface area contributed by atoms with Crippen LogP contribution >= 0.6 is 11.5 Å². The Balaban J connectivity index is 1.77. The number of anilines is 1. The zero-order valence-corrected chi connectivity index (χ0v) is 13.6. The number of aromatic nitrogens is 2. The summed E-state index contributed by atoms with van der Waals surface area (Å²) in [4.78, 5) is 27.5. The minimum Gasteiger partial charge on any atom is -0.297 e. The van der Waals surface area contributed by atoms with Gasteiger partial charge in [0.05, 0.1) is 6.54 Å². The van der Waals surface area contributed by atoms with E-state index in [4.69, 9.17) is 0 Å². The first-order valence-corrected chi connectivity index (χ1v) is 7.89. The van der Waals surface area contributed by atoms with Crippen molar-refractivity contribution in [2.45, 2.75) is 6.54 Å². The van der Waals surface area contributed by atoms with Gasteiger partial charge in [0.15, 0.2) is 23.3 Å². The van der Waals surface area contributed by atoms with Gasteiger partial charge in [-0.2, -0.15) is 4.98 Å². The summed E-state index contributed by atoms with van der Waals surface area (Å²) < 4.78 is 53.3. The molecule has 1 amide bonds. The Labute approximate surface area is 147 Å². The molecule has 10 heteroatoms. The summed E-state index contributed by atoms with van der Waals surface area (Å²) in [6.45, 7) is -0.0747. The van der Waals surface area contributed by atoms with E-state index in [-0.39, 0.29) is 17.2 Å². The molecule has 26 heavy (non-hydrogen) atoms. The Kier molecular flexibility index (Phi) is 4.85. The van der Waals surface area contributed by atoms with Crippen LogP contribution in [-0.2, 0) is 6.54 Å². The Morgan fingerprint density at radius 2 is 1.65 bits per heavy atom. The van der Waals surface area contributed by atoms with Crippen molar-refractivity contribution in [2.75, 3.05) is 5.32 Å². The van der Waals surface area contributed by atoms with E-state index in [9.17, 15) is 27.2 Å². The second-order valence-electron chi connectivity index (χ2n) is 5.16. The van der Waals surface area contributed by atoms with Crippen LogP contribution in [0.25, 0.3) is 0 Å². The smallest absolute Gasteiger partial charge is 0.297 e. The molecule has 1 N–H and O–H groups in total. The van der Waals surface area contributed by atoms with Gasteiger partial charge in [-0.05, 0) is 47.4 Å². The van der Waals surface area contributed by atoms with Crippen molar-refractivity contribution in [1.29, 1.82) is 0 Å². The first-order chi connectivity index (χ1) is 12.3. The van der Waals surface area contributed by atoms with Gasteiger partial charge in [0.25, 0.3) is 5.91 Å². The van der Waals surface area contributed by atoms with Gasteiger partial charge in [-0.3, -0.25) is 10.1 Å². The highest BCUT2D eigenvalue weighted by molar-refractivity contribution is 7.10. The summed E-state index contributed by atoms with van der Waals surface area (Å²) in [5, 5.41) is 2.22. The third-order valence-corrected chi connectivity index (χ3v) is 4.19. The molecule has 0 spiro atoms. The molecule has 2 aromatic carbocycles. The predicted octanol–water partition coefficient (Wildman–Crippen LogP) is 3.16. The van der Waals surface area contributed by atoms with E-state index in [0.717, 1.165) is 39.8 Å². The number of hydrogen-bond acceptors (Lipinski definition) is 4. The minimum atomic E-state index is -1.19. The van der Waals surface area contributed by atoms with Crippen molar-refractivity contribution in [1.82, 2.24) is 8.94 Å². The lowest BCUT2D eigenvalue weighted by Crippen LogP contribution is -2.16. The lowest BCUT2D eigenvalue weighted by Gasteiger charge is -2.02. The largest absolute Gasteiger partial charge is 0.360 e. The molecule has 1 heterocycles. The molecule has 134 valence electrons. The summed E-state index contributed by atoms with van der Waals surface area (Å²) in [6.07, 6.45) is 0. The van der Waals surface area contributed by atoms with E-state index in [0.29, 0.717) is 11.6 Å². The van der Waals surface area contributed by atoms with Crippen LogP contribution in [-0.4, -0.2) is 14.8 Å². The van der Waals surface area contributed by atoms with Crippen LogP contribution in [0.15, 0.2) is 41.2 Å². The normalized spacial score (nSPS) is 10.8. The number of nitrogens with one attached hydrogen (secondary N) is 1. The third-order valence-electron chi connectivity index (χ3n) is 3.32. The van der Waals surface area contributed by atoms with Gasteiger partial charge in [0.1, 0.15) is 0 Å². The van der Waals surface area contributed by atoms with Gasteiger partial charge in [-0.25, -0.2) is 26.3 Å². The van der Waals surface area contributed by atoms with E-state index in [1.165, 1.54) is 6.07 Å². The minimum absolute atomic E-state index is 0.0747. The lowest BCUT2D eigenvalue weighted by molar-refractivity contribution is 0.102. The van der Waals surface area contributed by atoms with Crippen LogP contribution < -0.4 is 11.0 Å². The van der Waals surface area contributed by atoms with Crippen LogP contribution in [0.4, 0.5) is 22.7 Å². The second-order valence-corrected chi connectivity index (χ2v) is 6.17. The van der Waals surface area contributed by atoms with Gasteiger partial charge >= 0.3 is 5.69 Å². The van der Waals surface area contributed by atoms with E-state index < -0.39 is 34.9 Å². The van der Waals surface area contributed by atoms with E-state index in [1.54, 1.807) is 0 Å². The molecule has 0 aliphatic carbocycles. The zero-order valence-electron chi connectivity index (χ0n) is 12.8. The Bertz CT molecular complexity index is 1050. The molecule has 0 atom stereocenters. The third kappa shape index (κ3) is 3.80. The molecule has 3 aromatic rings. The Hall–Kier alpha value is -3.01. The Morgan fingerprint density at radius 3 is 2.31 bits per heavy atom. The van der Waals surface area contributed by atoms with Gasteiger partial charge < -0.3 is 0 Å². The second kappa shape index (κ2) is 7.08. The molecule has 1 aromatic heterocycles. The first kappa shape index (κ1) is 17.8. The lowest BCUT2D eigenvalue weighted by atomic mass is 10.2. The quantitative estimate of drug-likeness (QED) is 0.704. The number of nitrogens with zero attached hydrogens (tertiary/aromatic N) is 2. The number of carbonyl (C=O) groups is 1. The number of hydrogen-bond donors (Lipinski definition) is 1. The van der Waals surface area contributed by atoms with E-state index in [2.05, 4.69) is 10.3 Å². The van der Waals surface area contributed by atoms with Crippen molar-refractivity contribution >= 4 is 22.6 Å². The topological polar surface area (TPSA) is 64.0 Å². The summed E-state index contributed by atoms with van der Waals surface area (Å²) in [7, 11) is 0. The van der Waals surface area contributed by atoms with Crippen LogP contribution in [0, 0.1) is 23.3 Å². The molecule has 5 nitrogen and oxygen atoms in total.